The number of para-hydroxylation sites is 1. The first-order valence-corrected chi connectivity index (χ1v) is 9.82. The molecule has 1 fully saturated rings. The molecule has 1 saturated heterocycles. The number of imide groups is 1. The predicted molar refractivity (Wildman–Crippen MR) is 112 cm³/mol. The van der Waals surface area contributed by atoms with Crippen LogP contribution in [0.1, 0.15) is 11.1 Å². The fourth-order valence-corrected chi connectivity index (χ4v) is 3.92. The molecule has 1 aliphatic heterocycles. The van der Waals surface area contributed by atoms with E-state index in [1.54, 1.807) is 6.08 Å². The molecule has 1 N–H and O–H groups in total. The maximum atomic E-state index is 12.0. The van der Waals surface area contributed by atoms with Gasteiger partial charge in [-0.25, -0.2) is 0 Å². The number of nitrogens with zero attached hydrogens (tertiary/aromatic N) is 2. The first kappa shape index (κ1) is 17.5. The van der Waals surface area contributed by atoms with Gasteiger partial charge in [-0.2, -0.15) is 5.10 Å². The lowest BCUT2D eigenvalue weighted by Gasteiger charge is -2.00. The highest BCUT2D eigenvalue weighted by Crippen LogP contribution is 2.33. The van der Waals surface area contributed by atoms with Crippen LogP contribution in [-0.2, 0) is 11.3 Å². The number of nitrogens with one attached hydrogen (secondary N) is 1. The Hall–Kier alpha value is -3.58. The molecular weight excluding hydrogens is 386 g/mol. The molecule has 3 heterocycles. The summed E-state index contributed by atoms with van der Waals surface area (Å²) in [5.41, 5.74) is 3.21. The molecular formula is C22H15N3O3S. The third-order valence-corrected chi connectivity index (χ3v) is 5.38. The second-order valence-corrected chi connectivity index (χ2v) is 7.63. The molecule has 0 aliphatic carbocycles. The minimum absolute atomic E-state index is 0.339. The molecule has 2 aromatic heterocycles. The van der Waals surface area contributed by atoms with Gasteiger partial charge >= 0.3 is 0 Å². The van der Waals surface area contributed by atoms with Gasteiger partial charge in [0.15, 0.2) is 5.76 Å². The molecule has 4 aromatic rings. The van der Waals surface area contributed by atoms with E-state index in [9.17, 15) is 9.59 Å². The number of carbonyl (C=O) groups is 2. The van der Waals surface area contributed by atoms with E-state index in [0.29, 0.717) is 28.5 Å². The van der Waals surface area contributed by atoms with Crippen LogP contribution >= 0.6 is 11.8 Å². The van der Waals surface area contributed by atoms with E-state index in [1.165, 1.54) is 0 Å². The standard InChI is InChI=1S/C22H15N3O3S/c26-21-19(29-22(27)23-21)11-16-13-25(12-14-6-2-1-3-7-14)24-20(16)18-10-15-8-4-5-9-17(15)28-18/h1-11,13H,12H2,(H,23,26,27)/b19-11+. The van der Waals surface area contributed by atoms with Crippen LogP contribution in [-0.4, -0.2) is 20.9 Å². The predicted octanol–water partition coefficient (Wildman–Crippen LogP) is 4.67. The Balaban J connectivity index is 1.60. The highest BCUT2D eigenvalue weighted by atomic mass is 32.2. The average Bonchev–Trinajstić information content (AvgIpc) is 3.39. The molecule has 0 unspecified atom stereocenters. The van der Waals surface area contributed by atoms with E-state index in [-0.39, 0.29) is 5.24 Å². The van der Waals surface area contributed by atoms with Gasteiger partial charge in [-0.1, -0.05) is 48.5 Å². The SMILES string of the molecule is O=C1NC(=O)/C(=C\c2cn(Cc3ccccc3)nc2-c2cc3ccccc3o2)S1. The van der Waals surface area contributed by atoms with Gasteiger partial charge in [0.05, 0.1) is 11.4 Å². The molecule has 0 bridgehead atoms. The second-order valence-electron chi connectivity index (χ2n) is 6.62. The summed E-state index contributed by atoms with van der Waals surface area (Å²) in [5, 5.41) is 7.59. The van der Waals surface area contributed by atoms with Crippen molar-refractivity contribution < 1.29 is 14.0 Å². The third kappa shape index (κ3) is 3.48. The fourth-order valence-electron chi connectivity index (χ4n) is 3.25. The van der Waals surface area contributed by atoms with E-state index in [2.05, 4.69) is 5.32 Å². The van der Waals surface area contributed by atoms with Crippen LogP contribution in [0.15, 0.2) is 76.2 Å². The molecule has 0 radical (unpaired) electrons. The normalized spacial score (nSPS) is 15.4. The van der Waals surface area contributed by atoms with Crippen molar-refractivity contribution in [3.05, 3.63) is 82.9 Å². The van der Waals surface area contributed by atoms with Gasteiger partial charge in [0.2, 0.25) is 0 Å². The van der Waals surface area contributed by atoms with Crippen molar-refractivity contribution in [3.63, 3.8) is 0 Å². The Kier molecular flexibility index (Phi) is 4.29. The summed E-state index contributed by atoms with van der Waals surface area (Å²) >= 11 is 0.885. The lowest BCUT2D eigenvalue weighted by atomic mass is 10.1. The molecule has 2 amide bonds. The van der Waals surface area contributed by atoms with Crippen LogP contribution in [0.2, 0.25) is 0 Å². The summed E-state index contributed by atoms with van der Waals surface area (Å²) in [7, 11) is 0. The number of aromatic nitrogens is 2. The van der Waals surface area contributed by atoms with Crippen molar-refractivity contribution in [1.82, 2.24) is 15.1 Å². The van der Waals surface area contributed by atoms with Crippen molar-refractivity contribution in [2.24, 2.45) is 0 Å². The zero-order valence-corrected chi connectivity index (χ0v) is 16.0. The van der Waals surface area contributed by atoms with Crippen LogP contribution in [0.25, 0.3) is 28.5 Å². The molecule has 0 saturated carbocycles. The van der Waals surface area contributed by atoms with E-state index in [1.807, 2.05) is 71.5 Å². The van der Waals surface area contributed by atoms with Crippen LogP contribution in [0.5, 0.6) is 0 Å². The zero-order valence-electron chi connectivity index (χ0n) is 15.2. The van der Waals surface area contributed by atoms with Gasteiger partial charge in [-0.3, -0.25) is 19.6 Å². The summed E-state index contributed by atoms with van der Waals surface area (Å²) in [6.07, 6.45) is 3.54. The Morgan fingerprint density at radius 2 is 1.86 bits per heavy atom. The Bertz CT molecular complexity index is 1240. The van der Waals surface area contributed by atoms with E-state index in [4.69, 9.17) is 9.52 Å². The molecule has 5 rings (SSSR count). The van der Waals surface area contributed by atoms with Crippen molar-refractivity contribution in [2.75, 3.05) is 0 Å². The highest BCUT2D eigenvalue weighted by Gasteiger charge is 2.26. The van der Waals surface area contributed by atoms with Crippen LogP contribution in [0.4, 0.5) is 4.79 Å². The number of amides is 2. The lowest BCUT2D eigenvalue weighted by molar-refractivity contribution is -0.115. The van der Waals surface area contributed by atoms with Gasteiger partial charge in [-0.15, -0.1) is 0 Å². The Labute approximate surface area is 170 Å². The van der Waals surface area contributed by atoms with Crippen LogP contribution in [0.3, 0.4) is 0 Å². The molecule has 6 nitrogen and oxygen atoms in total. The van der Waals surface area contributed by atoms with Gasteiger partial charge < -0.3 is 4.42 Å². The molecule has 7 heteroatoms. The molecule has 1 aliphatic rings. The zero-order chi connectivity index (χ0) is 19.8. The number of furan rings is 1. The quantitative estimate of drug-likeness (QED) is 0.503. The number of rotatable bonds is 4. The summed E-state index contributed by atoms with van der Waals surface area (Å²) in [4.78, 5) is 23.9. The monoisotopic (exact) mass is 401 g/mol. The number of thioether (sulfide) groups is 1. The summed E-state index contributed by atoms with van der Waals surface area (Å²) in [5.74, 6) is 0.214. The molecule has 0 spiro atoms. The van der Waals surface area contributed by atoms with Gasteiger partial charge in [0, 0.05) is 17.1 Å². The van der Waals surface area contributed by atoms with E-state index in [0.717, 1.165) is 28.3 Å². The topological polar surface area (TPSA) is 77.1 Å². The van der Waals surface area contributed by atoms with Crippen LogP contribution in [0, 0.1) is 0 Å². The summed E-state index contributed by atoms with van der Waals surface area (Å²) in [6.45, 7) is 0.579. The summed E-state index contributed by atoms with van der Waals surface area (Å²) in [6, 6.07) is 19.6. The lowest BCUT2D eigenvalue weighted by Crippen LogP contribution is -2.17. The molecule has 0 atom stereocenters. The number of carbonyl (C=O) groups excluding carboxylic acids is 2. The van der Waals surface area contributed by atoms with Gasteiger partial charge in [0.1, 0.15) is 11.3 Å². The Morgan fingerprint density at radius 3 is 2.62 bits per heavy atom. The van der Waals surface area contributed by atoms with Crippen LogP contribution < -0.4 is 5.32 Å². The van der Waals surface area contributed by atoms with Gasteiger partial charge in [-0.05, 0) is 35.5 Å². The summed E-state index contributed by atoms with van der Waals surface area (Å²) < 4.78 is 7.80. The second kappa shape index (κ2) is 7.10. The average molecular weight is 401 g/mol. The van der Waals surface area contributed by atoms with Crippen molar-refractivity contribution in [2.45, 2.75) is 6.54 Å². The minimum atomic E-state index is -0.397. The first-order chi connectivity index (χ1) is 14.2. The Morgan fingerprint density at radius 1 is 1.07 bits per heavy atom. The smallest absolute Gasteiger partial charge is 0.290 e. The number of hydrogen-bond acceptors (Lipinski definition) is 5. The maximum Gasteiger partial charge on any atom is 0.290 e. The van der Waals surface area contributed by atoms with E-state index < -0.39 is 5.91 Å². The third-order valence-electron chi connectivity index (χ3n) is 4.56. The number of benzene rings is 2. The minimum Gasteiger partial charge on any atom is -0.454 e. The maximum absolute atomic E-state index is 12.0. The number of hydrogen-bond donors (Lipinski definition) is 1. The number of fused-ring (bicyclic) bond motifs is 1. The fraction of sp³-hybridized carbons (Fsp3) is 0.0455. The van der Waals surface area contributed by atoms with Crippen molar-refractivity contribution in [1.29, 1.82) is 0 Å². The van der Waals surface area contributed by atoms with Crippen molar-refractivity contribution >= 4 is 40.0 Å². The van der Waals surface area contributed by atoms with Crippen molar-refractivity contribution in [3.8, 4) is 11.5 Å². The molecule has 142 valence electrons. The van der Waals surface area contributed by atoms with E-state index >= 15 is 0 Å². The molecule has 2 aromatic carbocycles. The molecule has 29 heavy (non-hydrogen) atoms. The first-order valence-electron chi connectivity index (χ1n) is 9.01. The largest absolute Gasteiger partial charge is 0.454 e. The van der Waals surface area contributed by atoms with Gasteiger partial charge in [0.25, 0.3) is 11.1 Å². The highest BCUT2D eigenvalue weighted by molar-refractivity contribution is 8.18.